The third-order valence-electron chi connectivity index (χ3n) is 8.48. The van der Waals surface area contributed by atoms with Crippen molar-refractivity contribution in [2.24, 2.45) is 0 Å². The fourth-order valence-corrected chi connectivity index (χ4v) is 6.56. The van der Waals surface area contributed by atoms with Crippen molar-refractivity contribution in [3.05, 3.63) is 157 Å². The summed E-state index contributed by atoms with van der Waals surface area (Å²) in [7, 11) is 0. The lowest BCUT2D eigenvalue weighted by atomic mass is 9.88. The predicted octanol–water partition coefficient (Wildman–Crippen LogP) is 11.0. The second-order valence-electron chi connectivity index (χ2n) is 10.8. The Morgan fingerprint density at radius 3 is 1.50 bits per heavy atom. The zero-order valence-corrected chi connectivity index (χ0v) is 22.9. The first-order valence-corrected chi connectivity index (χ1v) is 14.3. The van der Waals surface area contributed by atoms with Gasteiger partial charge in [0.15, 0.2) is 0 Å². The van der Waals surface area contributed by atoms with Crippen LogP contribution < -0.4 is 0 Å². The highest BCUT2D eigenvalue weighted by Crippen LogP contribution is 2.55. The largest absolute Gasteiger partial charge is 0.192 e. The van der Waals surface area contributed by atoms with Crippen LogP contribution >= 0.6 is 0 Å². The van der Waals surface area contributed by atoms with Crippen LogP contribution in [0.5, 0.6) is 0 Å². The highest BCUT2D eigenvalue weighted by atomic mass is 14.3. The molecule has 0 heterocycles. The molecule has 0 atom stereocenters. The molecule has 7 aromatic carbocycles. The molecule has 0 fully saturated rings. The molecule has 0 saturated carbocycles. The standard InChI is InChI=1S/C41H25N/c42-26-27-9-7-14-32(25-27)28-17-19-31(20-18-28)33-21-24-38-39-36(33)15-8-16-37(39)40-34(29-10-3-1-4-11-29)22-23-35(41(38)40)30-12-5-2-6-13-30/h1-25H. The Balaban J connectivity index is 1.33. The van der Waals surface area contributed by atoms with E-state index in [-0.39, 0.29) is 0 Å². The van der Waals surface area contributed by atoms with Gasteiger partial charge in [-0.05, 0) is 89.7 Å². The van der Waals surface area contributed by atoms with Crippen LogP contribution in [0.4, 0.5) is 0 Å². The van der Waals surface area contributed by atoms with Crippen molar-refractivity contribution in [1.29, 1.82) is 5.26 Å². The lowest BCUT2D eigenvalue weighted by Gasteiger charge is -2.15. The molecule has 42 heavy (non-hydrogen) atoms. The van der Waals surface area contributed by atoms with Crippen molar-refractivity contribution >= 4 is 10.8 Å². The molecule has 0 spiro atoms. The molecule has 0 amide bonds. The van der Waals surface area contributed by atoms with E-state index >= 15 is 0 Å². The molecule has 194 valence electrons. The van der Waals surface area contributed by atoms with Gasteiger partial charge in [0.1, 0.15) is 0 Å². The molecular weight excluding hydrogens is 506 g/mol. The molecular formula is C41H25N. The number of hydrogen-bond acceptors (Lipinski definition) is 1. The fourth-order valence-electron chi connectivity index (χ4n) is 6.56. The monoisotopic (exact) mass is 531 g/mol. The van der Waals surface area contributed by atoms with Crippen LogP contribution in [0.3, 0.4) is 0 Å². The first kappa shape index (κ1) is 24.1. The van der Waals surface area contributed by atoms with E-state index in [4.69, 9.17) is 0 Å². The average molecular weight is 532 g/mol. The summed E-state index contributed by atoms with van der Waals surface area (Å²) in [6.45, 7) is 0. The maximum absolute atomic E-state index is 9.33. The Morgan fingerprint density at radius 1 is 0.357 bits per heavy atom. The van der Waals surface area contributed by atoms with Gasteiger partial charge in [-0.2, -0.15) is 5.26 Å². The number of nitriles is 1. The second-order valence-corrected chi connectivity index (χ2v) is 10.8. The van der Waals surface area contributed by atoms with E-state index < -0.39 is 0 Å². The molecule has 8 rings (SSSR count). The summed E-state index contributed by atoms with van der Waals surface area (Å²) < 4.78 is 0. The molecule has 0 unspecified atom stereocenters. The van der Waals surface area contributed by atoms with Gasteiger partial charge in [-0.25, -0.2) is 0 Å². The van der Waals surface area contributed by atoms with Gasteiger partial charge in [0, 0.05) is 0 Å². The van der Waals surface area contributed by atoms with E-state index in [0.717, 1.165) is 11.1 Å². The van der Waals surface area contributed by atoms with Crippen LogP contribution in [-0.4, -0.2) is 0 Å². The smallest absolute Gasteiger partial charge is 0.0991 e. The third-order valence-corrected chi connectivity index (χ3v) is 8.48. The molecule has 1 heteroatoms. The zero-order chi connectivity index (χ0) is 28.0. The van der Waals surface area contributed by atoms with Crippen LogP contribution in [0.15, 0.2) is 152 Å². The minimum absolute atomic E-state index is 0.674. The number of hydrogen-bond donors (Lipinski definition) is 0. The molecule has 1 aliphatic carbocycles. The molecule has 0 bridgehead atoms. The molecule has 0 saturated heterocycles. The van der Waals surface area contributed by atoms with E-state index in [1.165, 1.54) is 66.4 Å². The Labute approximate surface area is 245 Å². The molecule has 0 aromatic heterocycles. The van der Waals surface area contributed by atoms with Crippen LogP contribution in [-0.2, 0) is 0 Å². The highest BCUT2D eigenvalue weighted by molar-refractivity contribution is 6.23. The topological polar surface area (TPSA) is 23.8 Å². The Kier molecular flexibility index (Phi) is 5.59. The maximum Gasteiger partial charge on any atom is 0.0991 e. The van der Waals surface area contributed by atoms with Crippen molar-refractivity contribution in [2.75, 3.05) is 0 Å². The summed E-state index contributed by atoms with van der Waals surface area (Å²) in [5.41, 5.74) is 15.4. The lowest BCUT2D eigenvalue weighted by Crippen LogP contribution is -1.89. The summed E-state index contributed by atoms with van der Waals surface area (Å²) in [6, 6.07) is 56.1. The maximum atomic E-state index is 9.33. The highest BCUT2D eigenvalue weighted by Gasteiger charge is 2.28. The van der Waals surface area contributed by atoms with Crippen LogP contribution in [0.25, 0.3) is 77.5 Å². The van der Waals surface area contributed by atoms with Gasteiger partial charge >= 0.3 is 0 Å². The molecule has 0 N–H and O–H groups in total. The third kappa shape index (κ3) is 3.78. The summed E-state index contributed by atoms with van der Waals surface area (Å²) in [5.74, 6) is 0. The van der Waals surface area contributed by atoms with Crippen molar-refractivity contribution in [2.45, 2.75) is 0 Å². The number of benzene rings is 7. The van der Waals surface area contributed by atoms with Crippen molar-refractivity contribution < 1.29 is 0 Å². The summed E-state index contributed by atoms with van der Waals surface area (Å²) in [4.78, 5) is 0. The first-order chi connectivity index (χ1) is 20.8. The molecule has 1 aliphatic rings. The molecule has 1 nitrogen and oxygen atoms in total. The van der Waals surface area contributed by atoms with Crippen molar-refractivity contribution in [3.63, 3.8) is 0 Å². The van der Waals surface area contributed by atoms with E-state index in [1.807, 2.05) is 18.2 Å². The number of nitrogens with zero attached hydrogens (tertiary/aromatic N) is 1. The minimum Gasteiger partial charge on any atom is -0.192 e. The quantitative estimate of drug-likeness (QED) is 0.222. The van der Waals surface area contributed by atoms with Gasteiger partial charge in [-0.1, -0.05) is 140 Å². The van der Waals surface area contributed by atoms with Gasteiger partial charge in [-0.3, -0.25) is 0 Å². The van der Waals surface area contributed by atoms with Crippen LogP contribution in [0.1, 0.15) is 5.56 Å². The summed E-state index contributed by atoms with van der Waals surface area (Å²) in [6.07, 6.45) is 0. The van der Waals surface area contributed by atoms with Gasteiger partial charge in [0.05, 0.1) is 11.6 Å². The molecule has 0 radical (unpaired) electrons. The second kappa shape index (κ2) is 9.73. The Morgan fingerprint density at radius 2 is 0.857 bits per heavy atom. The zero-order valence-electron chi connectivity index (χ0n) is 22.9. The molecule has 0 aliphatic heterocycles. The van der Waals surface area contributed by atoms with E-state index in [0.29, 0.717) is 5.56 Å². The Bertz CT molecular complexity index is 2090. The Hall–Kier alpha value is -5.71. The first-order valence-electron chi connectivity index (χ1n) is 14.3. The molecule has 7 aromatic rings. The van der Waals surface area contributed by atoms with Gasteiger partial charge in [0.25, 0.3) is 0 Å². The number of fused-ring (bicyclic) bond motifs is 3. The summed E-state index contributed by atoms with van der Waals surface area (Å²) >= 11 is 0. The predicted molar refractivity (Wildman–Crippen MR) is 175 cm³/mol. The lowest BCUT2D eigenvalue weighted by molar-refractivity contribution is 1.48. The average Bonchev–Trinajstić information content (AvgIpc) is 3.41. The van der Waals surface area contributed by atoms with Crippen molar-refractivity contribution in [1.82, 2.24) is 0 Å². The summed E-state index contributed by atoms with van der Waals surface area (Å²) in [5, 5.41) is 11.9. The van der Waals surface area contributed by atoms with E-state index in [1.54, 1.807) is 0 Å². The van der Waals surface area contributed by atoms with Gasteiger partial charge < -0.3 is 0 Å². The SMILES string of the molecule is N#Cc1cccc(-c2ccc(-c3ccc4c5c(cccc35)-c3c(-c5ccccc5)ccc(-c5ccccc5)c3-4)cc2)c1. The van der Waals surface area contributed by atoms with E-state index in [9.17, 15) is 5.26 Å². The van der Waals surface area contributed by atoms with E-state index in [2.05, 4.69) is 140 Å². The van der Waals surface area contributed by atoms with Crippen LogP contribution in [0.2, 0.25) is 0 Å². The van der Waals surface area contributed by atoms with Gasteiger partial charge in [-0.15, -0.1) is 0 Å². The van der Waals surface area contributed by atoms with Crippen molar-refractivity contribution in [3.8, 4) is 72.8 Å². The van der Waals surface area contributed by atoms with Crippen LogP contribution in [0, 0.1) is 11.3 Å². The van der Waals surface area contributed by atoms with Gasteiger partial charge in [0.2, 0.25) is 0 Å². The fraction of sp³-hybridized carbons (Fsp3) is 0. The normalized spacial score (nSPS) is 11.3. The minimum atomic E-state index is 0.674. The number of rotatable bonds is 4.